The molecule has 0 saturated heterocycles. The highest BCUT2D eigenvalue weighted by molar-refractivity contribution is 7.48. The van der Waals surface area contributed by atoms with E-state index in [4.69, 9.17) is 6.42 Å². The fraction of sp³-hybridized carbons (Fsp3) is 0.200. The summed E-state index contributed by atoms with van der Waals surface area (Å²) in [5.41, 5.74) is 0. The molecule has 1 aliphatic rings. The van der Waals surface area contributed by atoms with Crippen LogP contribution >= 0.6 is 7.82 Å². The summed E-state index contributed by atoms with van der Waals surface area (Å²) in [5, 5.41) is 0. The molecule has 4 nitrogen and oxygen atoms in total. The quantitative estimate of drug-likeness (QED) is 0.428. The van der Waals surface area contributed by atoms with Gasteiger partial charge in [0.25, 0.3) is 0 Å². The van der Waals surface area contributed by atoms with Crippen molar-refractivity contribution in [3.63, 3.8) is 0 Å². The predicted molar refractivity (Wildman–Crippen MR) is 33.7 cm³/mol. The largest absolute Gasteiger partial charge is 0.587 e. The fourth-order valence-corrected chi connectivity index (χ4v) is 1.18. The summed E-state index contributed by atoms with van der Waals surface area (Å²) in [5.74, 6) is 2.20. The zero-order valence-electron chi connectivity index (χ0n) is 5.23. The van der Waals surface area contributed by atoms with Gasteiger partial charge < -0.3 is 9.05 Å². The lowest BCUT2D eigenvalue weighted by molar-refractivity contribution is 0.235. The van der Waals surface area contributed by atoms with Gasteiger partial charge in [-0.2, -0.15) is 0 Å². The average Bonchev–Trinajstić information content (AvgIpc) is 2.33. The number of phosphoric acid groups is 1. The van der Waals surface area contributed by atoms with Crippen LogP contribution in [-0.4, -0.2) is 7.11 Å². The van der Waals surface area contributed by atoms with E-state index in [9.17, 15) is 4.57 Å². The van der Waals surface area contributed by atoms with Gasteiger partial charge >= 0.3 is 7.82 Å². The molecule has 1 unspecified atom stereocenters. The van der Waals surface area contributed by atoms with Gasteiger partial charge in [-0.05, 0) is 5.92 Å². The van der Waals surface area contributed by atoms with E-state index in [0.717, 1.165) is 6.26 Å². The minimum atomic E-state index is -3.36. The maximum absolute atomic E-state index is 10.9. The molecular formula is C5H5O4P. The third-order valence-electron chi connectivity index (χ3n) is 0.865. The monoisotopic (exact) mass is 160 g/mol. The van der Waals surface area contributed by atoms with E-state index in [-0.39, 0.29) is 5.76 Å². The van der Waals surface area contributed by atoms with Gasteiger partial charge in [-0.1, -0.05) is 0 Å². The van der Waals surface area contributed by atoms with Crippen LogP contribution in [0.3, 0.4) is 0 Å². The lowest BCUT2D eigenvalue weighted by atomic mass is 10.6. The zero-order chi connectivity index (χ0) is 7.61. The van der Waals surface area contributed by atoms with E-state index in [2.05, 4.69) is 19.5 Å². The highest BCUT2D eigenvalue weighted by Gasteiger charge is 2.33. The standard InChI is InChI=1S/C5H5O4P/c1-3-5-4-8-10(6,7-2)9-5/h1,4H,2H3. The first-order valence-electron chi connectivity index (χ1n) is 2.41. The smallest absolute Gasteiger partial charge is 0.398 e. The van der Waals surface area contributed by atoms with Crippen LogP contribution in [0.25, 0.3) is 0 Å². The van der Waals surface area contributed by atoms with E-state index < -0.39 is 7.82 Å². The van der Waals surface area contributed by atoms with Gasteiger partial charge in [-0.3, -0.25) is 4.52 Å². The van der Waals surface area contributed by atoms with Crippen LogP contribution in [0.2, 0.25) is 0 Å². The third kappa shape index (κ3) is 1.15. The number of terminal acetylenes is 1. The maximum Gasteiger partial charge on any atom is 0.587 e. The Balaban J connectivity index is 2.70. The molecule has 5 heteroatoms. The Labute approximate surface area is 58.4 Å². The highest BCUT2D eigenvalue weighted by atomic mass is 31.2. The second-order valence-electron chi connectivity index (χ2n) is 1.45. The number of allylic oxidation sites excluding steroid dienone is 1. The molecule has 0 saturated carbocycles. The van der Waals surface area contributed by atoms with Crippen molar-refractivity contribution in [1.82, 2.24) is 0 Å². The van der Waals surface area contributed by atoms with Crippen molar-refractivity contribution >= 4 is 7.82 Å². The summed E-state index contributed by atoms with van der Waals surface area (Å²) in [6, 6.07) is 0. The molecule has 1 rings (SSSR count). The maximum atomic E-state index is 10.9. The second kappa shape index (κ2) is 2.37. The molecule has 0 aliphatic carbocycles. The van der Waals surface area contributed by atoms with Gasteiger partial charge in [0.1, 0.15) is 6.26 Å². The lowest BCUT2D eigenvalue weighted by Gasteiger charge is -2.04. The molecule has 0 aromatic carbocycles. The van der Waals surface area contributed by atoms with Crippen molar-refractivity contribution in [2.24, 2.45) is 0 Å². The van der Waals surface area contributed by atoms with Crippen LogP contribution in [0.4, 0.5) is 0 Å². The van der Waals surface area contributed by atoms with Gasteiger partial charge in [0, 0.05) is 7.11 Å². The van der Waals surface area contributed by atoms with Gasteiger partial charge in [0.15, 0.2) is 0 Å². The molecule has 10 heavy (non-hydrogen) atoms. The molecule has 0 radical (unpaired) electrons. The van der Waals surface area contributed by atoms with Gasteiger partial charge in [0.05, 0.1) is 0 Å². The SMILES string of the molecule is C#CC1=COP(=O)(OC)O1. The second-order valence-corrected chi connectivity index (χ2v) is 3.11. The summed E-state index contributed by atoms with van der Waals surface area (Å²) in [6.45, 7) is 0. The molecule has 1 aliphatic heterocycles. The number of hydrogen-bond donors (Lipinski definition) is 0. The lowest BCUT2D eigenvalue weighted by Crippen LogP contribution is -1.83. The minimum Gasteiger partial charge on any atom is -0.398 e. The molecule has 0 aromatic rings. The Kier molecular flexibility index (Phi) is 1.71. The Bertz CT molecular complexity index is 249. The minimum absolute atomic E-state index is 0.0881. The topological polar surface area (TPSA) is 44.8 Å². The fourth-order valence-electron chi connectivity index (χ4n) is 0.417. The zero-order valence-corrected chi connectivity index (χ0v) is 6.13. The first kappa shape index (κ1) is 7.20. The predicted octanol–water partition coefficient (Wildman–Crippen LogP) is 1.26. The van der Waals surface area contributed by atoms with Crippen LogP contribution in [-0.2, 0) is 18.1 Å². The van der Waals surface area contributed by atoms with Crippen molar-refractivity contribution < 1.29 is 18.1 Å². The van der Waals surface area contributed by atoms with Gasteiger partial charge in [-0.25, -0.2) is 4.57 Å². The molecule has 0 N–H and O–H groups in total. The van der Waals surface area contributed by atoms with Gasteiger partial charge in [-0.15, -0.1) is 6.42 Å². The third-order valence-corrected chi connectivity index (χ3v) is 2.10. The Morgan fingerprint density at radius 1 is 1.90 bits per heavy atom. The Morgan fingerprint density at radius 3 is 2.90 bits per heavy atom. The van der Waals surface area contributed by atoms with E-state index in [1.807, 2.05) is 0 Å². The van der Waals surface area contributed by atoms with Crippen LogP contribution in [0.5, 0.6) is 0 Å². The van der Waals surface area contributed by atoms with Crippen LogP contribution < -0.4 is 0 Å². The van der Waals surface area contributed by atoms with E-state index in [0.29, 0.717) is 0 Å². The van der Waals surface area contributed by atoms with Crippen molar-refractivity contribution in [3.8, 4) is 12.3 Å². The molecule has 1 atom stereocenters. The van der Waals surface area contributed by atoms with Gasteiger partial charge in [0.2, 0.25) is 5.76 Å². The van der Waals surface area contributed by atoms with Crippen LogP contribution in [0.1, 0.15) is 0 Å². The summed E-state index contributed by atoms with van der Waals surface area (Å²) in [6.07, 6.45) is 6.00. The summed E-state index contributed by atoms with van der Waals surface area (Å²) in [4.78, 5) is 0. The Hall–Kier alpha value is -0.910. The molecule has 1 heterocycles. The van der Waals surface area contributed by atoms with E-state index in [1.54, 1.807) is 0 Å². The summed E-state index contributed by atoms with van der Waals surface area (Å²) >= 11 is 0. The first-order chi connectivity index (χ1) is 4.70. The number of phosphoric ester groups is 1. The normalized spacial score (nSPS) is 29.8. The summed E-state index contributed by atoms with van der Waals surface area (Å²) < 4.78 is 24.4. The molecular weight excluding hydrogens is 155 g/mol. The number of hydrogen-bond acceptors (Lipinski definition) is 4. The number of rotatable bonds is 1. The van der Waals surface area contributed by atoms with E-state index >= 15 is 0 Å². The first-order valence-corrected chi connectivity index (χ1v) is 3.87. The van der Waals surface area contributed by atoms with Crippen molar-refractivity contribution in [2.45, 2.75) is 0 Å². The van der Waals surface area contributed by atoms with Crippen molar-refractivity contribution in [3.05, 3.63) is 12.0 Å². The Morgan fingerprint density at radius 2 is 2.60 bits per heavy atom. The van der Waals surface area contributed by atoms with Crippen molar-refractivity contribution in [1.29, 1.82) is 0 Å². The van der Waals surface area contributed by atoms with Crippen LogP contribution in [0.15, 0.2) is 12.0 Å². The molecule has 0 fully saturated rings. The highest BCUT2D eigenvalue weighted by Crippen LogP contribution is 2.54. The molecule has 0 amide bonds. The van der Waals surface area contributed by atoms with Crippen LogP contribution in [0, 0.1) is 12.3 Å². The van der Waals surface area contributed by atoms with Crippen molar-refractivity contribution in [2.75, 3.05) is 7.11 Å². The average molecular weight is 160 g/mol. The van der Waals surface area contributed by atoms with E-state index in [1.165, 1.54) is 7.11 Å². The summed E-state index contributed by atoms with van der Waals surface area (Å²) in [7, 11) is -2.14. The molecule has 0 spiro atoms. The molecule has 0 aromatic heterocycles. The molecule has 0 bridgehead atoms. The molecule has 54 valence electrons.